The minimum atomic E-state index is -0.569. The summed E-state index contributed by atoms with van der Waals surface area (Å²) in [5.41, 5.74) is 6.20. The van der Waals surface area contributed by atoms with Gasteiger partial charge in [-0.1, -0.05) is 12.1 Å². The molecule has 0 fully saturated rings. The predicted octanol–water partition coefficient (Wildman–Crippen LogP) is 2.82. The summed E-state index contributed by atoms with van der Waals surface area (Å²) in [7, 11) is 1.62. The number of nitrogens with zero attached hydrogens (tertiary/aromatic N) is 2. The van der Waals surface area contributed by atoms with Crippen molar-refractivity contribution in [2.24, 2.45) is 0 Å². The van der Waals surface area contributed by atoms with Crippen molar-refractivity contribution in [3.05, 3.63) is 16.8 Å². The molecule has 0 saturated carbocycles. The molecule has 6 heteroatoms. The van der Waals surface area contributed by atoms with Crippen molar-refractivity contribution in [1.82, 2.24) is 10.1 Å². The molecular weight excluding hydrogens is 250 g/mol. The molecule has 2 aromatic heterocycles. The van der Waals surface area contributed by atoms with E-state index in [0.29, 0.717) is 16.7 Å². The summed E-state index contributed by atoms with van der Waals surface area (Å²) in [5, 5.41) is 4.66. The van der Waals surface area contributed by atoms with E-state index in [9.17, 15) is 0 Å². The Morgan fingerprint density at radius 1 is 1.50 bits per heavy atom. The van der Waals surface area contributed by atoms with Gasteiger partial charge >= 0.3 is 0 Å². The lowest BCUT2D eigenvalue weighted by atomic mass is 10.1. The van der Waals surface area contributed by atoms with Crippen molar-refractivity contribution >= 4 is 16.3 Å². The van der Waals surface area contributed by atoms with Crippen molar-refractivity contribution < 1.29 is 9.26 Å². The standard InChI is InChI=1S/C12H17N3O2S/c1-5-7-6-8(9(13)18-7)10-14-11(15-17-10)12(2,3)16-4/h6H,5,13H2,1-4H3. The number of rotatable bonds is 4. The maximum atomic E-state index is 5.96. The molecule has 5 nitrogen and oxygen atoms in total. The second-order valence-electron chi connectivity index (χ2n) is 4.48. The smallest absolute Gasteiger partial charge is 0.261 e. The molecule has 0 bridgehead atoms. The van der Waals surface area contributed by atoms with E-state index in [1.165, 1.54) is 4.88 Å². The minimum Gasteiger partial charge on any atom is -0.390 e. The molecule has 0 unspecified atom stereocenters. The summed E-state index contributed by atoms with van der Waals surface area (Å²) in [6.07, 6.45) is 0.944. The molecule has 0 aliphatic carbocycles. The quantitative estimate of drug-likeness (QED) is 0.922. The van der Waals surface area contributed by atoms with E-state index in [-0.39, 0.29) is 0 Å². The molecule has 0 atom stereocenters. The number of aromatic nitrogens is 2. The largest absolute Gasteiger partial charge is 0.390 e. The molecule has 0 radical (unpaired) electrons. The van der Waals surface area contributed by atoms with E-state index >= 15 is 0 Å². The number of nitrogens with two attached hydrogens (primary N) is 1. The summed E-state index contributed by atoms with van der Waals surface area (Å²) < 4.78 is 10.6. The van der Waals surface area contributed by atoms with Gasteiger partial charge in [0.15, 0.2) is 0 Å². The fourth-order valence-electron chi connectivity index (χ4n) is 1.47. The zero-order chi connectivity index (χ0) is 13.3. The molecule has 0 aliphatic rings. The molecule has 98 valence electrons. The summed E-state index contributed by atoms with van der Waals surface area (Å²) in [6.45, 7) is 5.86. The van der Waals surface area contributed by atoms with Gasteiger partial charge in [-0.3, -0.25) is 0 Å². The van der Waals surface area contributed by atoms with Gasteiger partial charge < -0.3 is 15.0 Å². The monoisotopic (exact) mass is 267 g/mol. The fourth-order valence-corrected chi connectivity index (χ4v) is 2.33. The average Bonchev–Trinajstić information content (AvgIpc) is 2.95. The Labute approximate surface area is 110 Å². The Kier molecular flexibility index (Phi) is 3.41. The van der Waals surface area contributed by atoms with E-state index in [0.717, 1.165) is 12.0 Å². The van der Waals surface area contributed by atoms with Gasteiger partial charge in [0.2, 0.25) is 5.82 Å². The number of nitrogen functional groups attached to an aromatic ring is 1. The molecule has 2 heterocycles. The first-order valence-corrected chi connectivity index (χ1v) is 6.57. The molecule has 0 spiro atoms. The van der Waals surface area contributed by atoms with Gasteiger partial charge in [0.05, 0.1) is 10.6 Å². The van der Waals surface area contributed by atoms with E-state index in [1.54, 1.807) is 18.4 Å². The molecular formula is C12H17N3O2S. The molecule has 0 amide bonds. The zero-order valence-corrected chi connectivity index (χ0v) is 11.8. The van der Waals surface area contributed by atoms with Crippen molar-refractivity contribution in [3.63, 3.8) is 0 Å². The van der Waals surface area contributed by atoms with Gasteiger partial charge in [0, 0.05) is 12.0 Å². The lowest BCUT2D eigenvalue weighted by Gasteiger charge is -2.17. The van der Waals surface area contributed by atoms with Gasteiger partial charge in [0.1, 0.15) is 5.60 Å². The Hall–Kier alpha value is -1.40. The van der Waals surface area contributed by atoms with E-state index in [1.807, 2.05) is 19.9 Å². The first-order valence-electron chi connectivity index (χ1n) is 5.75. The van der Waals surface area contributed by atoms with Crippen LogP contribution in [0.2, 0.25) is 0 Å². The van der Waals surface area contributed by atoms with Crippen LogP contribution in [0.5, 0.6) is 0 Å². The number of ether oxygens (including phenoxy) is 1. The Bertz CT molecular complexity index is 545. The van der Waals surface area contributed by atoms with Crippen molar-refractivity contribution in [3.8, 4) is 11.5 Å². The van der Waals surface area contributed by atoms with Gasteiger partial charge in [-0.15, -0.1) is 11.3 Å². The number of aryl methyl sites for hydroxylation is 1. The third kappa shape index (κ3) is 2.26. The number of anilines is 1. The highest BCUT2D eigenvalue weighted by Gasteiger charge is 2.27. The highest BCUT2D eigenvalue weighted by Crippen LogP contribution is 2.34. The fraction of sp³-hybridized carbons (Fsp3) is 0.500. The number of hydrogen-bond donors (Lipinski definition) is 1. The van der Waals surface area contributed by atoms with Gasteiger partial charge in [-0.25, -0.2) is 0 Å². The second-order valence-corrected chi connectivity index (χ2v) is 5.65. The van der Waals surface area contributed by atoms with Crippen LogP contribution in [0.4, 0.5) is 5.00 Å². The topological polar surface area (TPSA) is 74.2 Å². The summed E-state index contributed by atoms with van der Waals surface area (Å²) in [5.74, 6) is 0.965. The molecule has 2 aromatic rings. The number of hydrogen-bond acceptors (Lipinski definition) is 6. The van der Waals surface area contributed by atoms with Crippen molar-refractivity contribution in [2.75, 3.05) is 12.8 Å². The molecule has 0 aliphatic heterocycles. The Morgan fingerprint density at radius 3 is 2.78 bits per heavy atom. The highest BCUT2D eigenvalue weighted by atomic mass is 32.1. The van der Waals surface area contributed by atoms with Crippen LogP contribution in [0.3, 0.4) is 0 Å². The summed E-state index contributed by atoms with van der Waals surface area (Å²) in [6, 6.07) is 2.00. The van der Waals surface area contributed by atoms with Crippen LogP contribution in [0.15, 0.2) is 10.6 Å². The van der Waals surface area contributed by atoms with Crippen LogP contribution in [0, 0.1) is 0 Å². The first-order chi connectivity index (χ1) is 8.47. The van der Waals surface area contributed by atoms with Crippen LogP contribution in [0.1, 0.15) is 31.5 Å². The molecule has 2 N–H and O–H groups in total. The van der Waals surface area contributed by atoms with Crippen LogP contribution in [0.25, 0.3) is 11.5 Å². The van der Waals surface area contributed by atoms with Crippen molar-refractivity contribution in [1.29, 1.82) is 0 Å². The number of thiophene rings is 1. The van der Waals surface area contributed by atoms with E-state index in [4.69, 9.17) is 15.0 Å². The van der Waals surface area contributed by atoms with Crippen LogP contribution >= 0.6 is 11.3 Å². The SMILES string of the molecule is CCc1cc(-c2nc(C(C)(C)OC)no2)c(N)s1. The molecule has 0 aromatic carbocycles. The van der Waals surface area contributed by atoms with Gasteiger partial charge in [-0.2, -0.15) is 4.98 Å². The molecule has 0 saturated heterocycles. The minimum absolute atomic E-state index is 0.448. The Balaban J connectivity index is 2.37. The molecule has 2 rings (SSSR count). The normalized spacial score (nSPS) is 12.0. The first kappa shape index (κ1) is 13.0. The lowest BCUT2D eigenvalue weighted by Crippen LogP contribution is -2.21. The average molecular weight is 267 g/mol. The molecule has 18 heavy (non-hydrogen) atoms. The van der Waals surface area contributed by atoms with Crippen LogP contribution in [-0.4, -0.2) is 17.3 Å². The summed E-state index contributed by atoms with van der Waals surface area (Å²) >= 11 is 1.55. The third-order valence-corrected chi connectivity index (χ3v) is 3.97. The third-order valence-electron chi connectivity index (χ3n) is 2.87. The number of methoxy groups -OCH3 is 1. The summed E-state index contributed by atoms with van der Waals surface area (Å²) in [4.78, 5) is 5.56. The Morgan fingerprint density at radius 2 is 2.22 bits per heavy atom. The van der Waals surface area contributed by atoms with Crippen LogP contribution in [-0.2, 0) is 16.8 Å². The zero-order valence-electron chi connectivity index (χ0n) is 11.0. The van der Waals surface area contributed by atoms with Crippen molar-refractivity contribution in [2.45, 2.75) is 32.8 Å². The maximum Gasteiger partial charge on any atom is 0.261 e. The van der Waals surface area contributed by atoms with E-state index in [2.05, 4.69) is 17.1 Å². The van der Waals surface area contributed by atoms with E-state index < -0.39 is 5.60 Å². The predicted molar refractivity (Wildman–Crippen MR) is 71.4 cm³/mol. The van der Waals surface area contributed by atoms with Gasteiger partial charge in [0.25, 0.3) is 5.89 Å². The lowest BCUT2D eigenvalue weighted by molar-refractivity contribution is 0.00973. The highest BCUT2D eigenvalue weighted by molar-refractivity contribution is 7.16. The maximum absolute atomic E-state index is 5.96. The van der Waals surface area contributed by atoms with Gasteiger partial charge in [-0.05, 0) is 26.3 Å². The second kappa shape index (κ2) is 4.70. The van der Waals surface area contributed by atoms with Crippen LogP contribution < -0.4 is 5.73 Å².